The lowest BCUT2D eigenvalue weighted by Gasteiger charge is -2.25. The minimum Gasteiger partial charge on any atom is -0.480 e. The average Bonchev–Trinajstić information content (AvgIpc) is 3.08. The van der Waals surface area contributed by atoms with Gasteiger partial charge in [-0.2, -0.15) is 0 Å². The van der Waals surface area contributed by atoms with E-state index in [2.05, 4.69) is 0 Å². The average molecular weight is 368 g/mol. The number of cyclic esters (lactones) is 1. The summed E-state index contributed by atoms with van der Waals surface area (Å²) in [5.74, 6) is -2.49. The number of hydrogen-bond acceptors (Lipinski definition) is 5. The Balaban J connectivity index is 1.86. The van der Waals surface area contributed by atoms with Crippen molar-refractivity contribution in [2.45, 2.75) is 24.4 Å². The van der Waals surface area contributed by atoms with Crippen LogP contribution in [-0.2, 0) is 14.3 Å². The number of ether oxygens (including phenoxy) is 1. The molecule has 3 N–H and O–H groups in total. The van der Waals surface area contributed by atoms with Gasteiger partial charge in [-0.1, -0.05) is 60.7 Å². The maximum absolute atomic E-state index is 12.9. The van der Waals surface area contributed by atoms with Gasteiger partial charge < -0.3 is 15.6 Å². The van der Waals surface area contributed by atoms with Crippen LogP contribution in [0.15, 0.2) is 60.7 Å². The zero-order valence-corrected chi connectivity index (χ0v) is 14.5. The number of nitrogens with zero attached hydrogens (tertiary/aromatic N) is 1. The van der Waals surface area contributed by atoms with Crippen molar-refractivity contribution in [1.82, 2.24) is 4.90 Å². The molecule has 0 saturated carbocycles. The molecular weight excluding hydrogens is 348 g/mol. The van der Waals surface area contributed by atoms with Crippen molar-refractivity contribution in [3.8, 4) is 0 Å². The van der Waals surface area contributed by atoms with Crippen LogP contribution < -0.4 is 5.73 Å². The molecule has 1 saturated heterocycles. The van der Waals surface area contributed by atoms with E-state index in [-0.39, 0.29) is 13.0 Å². The molecule has 27 heavy (non-hydrogen) atoms. The number of carboxylic acids is 1. The van der Waals surface area contributed by atoms with E-state index in [1.54, 1.807) is 30.3 Å². The molecule has 140 valence electrons. The lowest BCUT2D eigenvalue weighted by atomic mass is 9.88. The molecule has 1 fully saturated rings. The van der Waals surface area contributed by atoms with Gasteiger partial charge in [0.25, 0.3) is 0 Å². The zero-order valence-electron chi connectivity index (χ0n) is 14.5. The number of hydrogen-bond donors (Lipinski definition) is 2. The normalized spacial score (nSPS) is 18.6. The number of rotatable bonds is 6. The van der Waals surface area contributed by atoms with Gasteiger partial charge >= 0.3 is 12.1 Å². The zero-order chi connectivity index (χ0) is 19.4. The Bertz CT molecular complexity index is 825. The van der Waals surface area contributed by atoms with Gasteiger partial charge in [0.1, 0.15) is 18.7 Å². The predicted octanol–water partition coefficient (Wildman–Crippen LogP) is 2.29. The standard InChI is InChI=1S/C20H20N2O5/c21-18(19(24)25)15(13-7-3-1-4-8-13)11-17(23)22-16(12-27-20(22)26)14-9-5-2-6-10-14/h1-10,15-16,18H,11-12,21H2,(H,24,25)/t15-,16-,18+/m1/s1. The van der Waals surface area contributed by atoms with Gasteiger partial charge in [-0.15, -0.1) is 0 Å². The fourth-order valence-corrected chi connectivity index (χ4v) is 3.23. The molecule has 1 aliphatic heterocycles. The molecule has 3 rings (SSSR count). The summed E-state index contributed by atoms with van der Waals surface area (Å²) in [6.45, 7) is 0.0651. The van der Waals surface area contributed by atoms with E-state index in [0.717, 1.165) is 10.5 Å². The molecule has 0 spiro atoms. The number of carbonyl (C=O) groups excluding carboxylic acids is 2. The van der Waals surface area contributed by atoms with Gasteiger partial charge in [0.05, 0.1) is 0 Å². The van der Waals surface area contributed by atoms with Crippen LogP contribution in [0.2, 0.25) is 0 Å². The molecule has 1 heterocycles. The van der Waals surface area contributed by atoms with Gasteiger partial charge in [0.2, 0.25) is 5.91 Å². The van der Waals surface area contributed by atoms with Crippen LogP contribution in [0, 0.1) is 0 Å². The molecule has 3 atom stereocenters. The minimum atomic E-state index is -1.27. The largest absolute Gasteiger partial charge is 0.480 e. The Morgan fingerprint density at radius 1 is 1.11 bits per heavy atom. The predicted molar refractivity (Wildman–Crippen MR) is 96.8 cm³/mol. The third-order valence-electron chi connectivity index (χ3n) is 4.67. The van der Waals surface area contributed by atoms with E-state index in [9.17, 15) is 19.5 Å². The number of aliphatic carboxylic acids is 1. The highest BCUT2D eigenvalue weighted by Crippen LogP contribution is 2.31. The van der Waals surface area contributed by atoms with Gasteiger partial charge in [0, 0.05) is 12.3 Å². The number of nitrogens with two attached hydrogens (primary N) is 1. The Morgan fingerprint density at radius 2 is 1.70 bits per heavy atom. The van der Waals surface area contributed by atoms with Crippen LogP contribution >= 0.6 is 0 Å². The van der Waals surface area contributed by atoms with E-state index >= 15 is 0 Å². The first-order chi connectivity index (χ1) is 13.0. The molecule has 0 aliphatic carbocycles. The topological polar surface area (TPSA) is 110 Å². The molecular formula is C20H20N2O5. The van der Waals surface area contributed by atoms with Crippen LogP contribution in [0.25, 0.3) is 0 Å². The van der Waals surface area contributed by atoms with E-state index in [4.69, 9.17) is 10.5 Å². The quantitative estimate of drug-likeness (QED) is 0.809. The van der Waals surface area contributed by atoms with E-state index < -0.39 is 36.0 Å². The highest BCUT2D eigenvalue weighted by molar-refractivity contribution is 5.94. The summed E-state index contributed by atoms with van der Waals surface area (Å²) < 4.78 is 5.07. The highest BCUT2D eigenvalue weighted by Gasteiger charge is 2.40. The SMILES string of the molecule is N[C@H](C(=O)O)[C@H](CC(=O)N1C(=O)OC[C@@H]1c1ccccc1)c1ccccc1. The summed E-state index contributed by atoms with van der Waals surface area (Å²) in [6.07, 6.45) is -0.944. The van der Waals surface area contributed by atoms with Crippen LogP contribution in [0.4, 0.5) is 4.79 Å². The van der Waals surface area contributed by atoms with Crippen LogP contribution in [0.3, 0.4) is 0 Å². The fourth-order valence-electron chi connectivity index (χ4n) is 3.23. The number of amides is 2. The van der Waals surface area contributed by atoms with E-state index in [1.165, 1.54) is 0 Å². The maximum Gasteiger partial charge on any atom is 0.417 e. The molecule has 0 aromatic heterocycles. The molecule has 0 unspecified atom stereocenters. The van der Waals surface area contributed by atoms with Crippen molar-refractivity contribution in [1.29, 1.82) is 0 Å². The Kier molecular flexibility index (Phi) is 5.52. The Labute approximate surface area is 156 Å². The third kappa shape index (κ3) is 3.98. The molecule has 0 bridgehead atoms. The van der Waals surface area contributed by atoms with Crippen LogP contribution in [-0.4, -0.2) is 40.6 Å². The molecule has 0 radical (unpaired) electrons. The van der Waals surface area contributed by atoms with Crippen molar-refractivity contribution >= 4 is 18.0 Å². The second-order valence-electron chi connectivity index (χ2n) is 6.35. The van der Waals surface area contributed by atoms with Crippen LogP contribution in [0.1, 0.15) is 29.5 Å². The molecule has 7 heteroatoms. The Hall–Kier alpha value is -3.19. The highest BCUT2D eigenvalue weighted by atomic mass is 16.6. The molecule has 2 amide bonds. The number of imide groups is 1. The van der Waals surface area contributed by atoms with Crippen molar-refractivity contribution < 1.29 is 24.2 Å². The fraction of sp³-hybridized carbons (Fsp3) is 0.250. The maximum atomic E-state index is 12.9. The smallest absolute Gasteiger partial charge is 0.417 e. The summed E-state index contributed by atoms with van der Waals surface area (Å²) in [7, 11) is 0. The van der Waals surface area contributed by atoms with Gasteiger partial charge in [0.15, 0.2) is 0 Å². The van der Waals surface area contributed by atoms with Crippen molar-refractivity contribution in [2.24, 2.45) is 5.73 Å². The minimum absolute atomic E-state index is 0.0651. The first-order valence-corrected chi connectivity index (χ1v) is 8.56. The molecule has 2 aromatic carbocycles. The number of carboxylic acid groups (broad SMARTS) is 1. The molecule has 7 nitrogen and oxygen atoms in total. The number of carbonyl (C=O) groups is 3. The first kappa shape index (κ1) is 18.6. The van der Waals surface area contributed by atoms with Gasteiger partial charge in [-0.25, -0.2) is 9.69 Å². The van der Waals surface area contributed by atoms with Gasteiger partial charge in [-0.3, -0.25) is 9.59 Å². The Morgan fingerprint density at radius 3 is 2.30 bits per heavy atom. The van der Waals surface area contributed by atoms with Crippen molar-refractivity contribution in [3.63, 3.8) is 0 Å². The summed E-state index contributed by atoms with van der Waals surface area (Å²) in [4.78, 5) is 37.6. The lowest BCUT2D eigenvalue weighted by molar-refractivity contribution is -0.139. The lowest BCUT2D eigenvalue weighted by Crippen LogP contribution is -2.41. The van der Waals surface area contributed by atoms with Crippen LogP contribution in [0.5, 0.6) is 0 Å². The number of benzene rings is 2. The van der Waals surface area contributed by atoms with E-state index in [1.807, 2.05) is 30.3 Å². The monoisotopic (exact) mass is 368 g/mol. The van der Waals surface area contributed by atoms with Gasteiger partial charge in [-0.05, 0) is 11.1 Å². The molecule has 2 aromatic rings. The van der Waals surface area contributed by atoms with Crippen molar-refractivity contribution in [3.05, 3.63) is 71.8 Å². The van der Waals surface area contributed by atoms with Crippen molar-refractivity contribution in [2.75, 3.05) is 6.61 Å². The summed E-state index contributed by atoms with van der Waals surface area (Å²) in [5.41, 5.74) is 7.24. The summed E-state index contributed by atoms with van der Waals surface area (Å²) in [6, 6.07) is 16.0. The second kappa shape index (κ2) is 8.01. The molecule has 1 aliphatic rings. The summed E-state index contributed by atoms with van der Waals surface area (Å²) >= 11 is 0. The van der Waals surface area contributed by atoms with E-state index in [0.29, 0.717) is 5.56 Å². The summed E-state index contributed by atoms with van der Waals surface area (Å²) in [5, 5.41) is 9.33. The first-order valence-electron chi connectivity index (χ1n) is 8.56. The third-order valence-corrected chi connectivity index (χ3v) is 4.67. The second-order valence-corrected chi connectivity index (χ2v) is 6.35.